The Morgan fingerprint density at radius 2 is 1.80 bits per heavy atom. The number of pyridine rings is 1. The zero-order valence-electron chi connectivity index (χ0n) is 25.4. The number of aryl methyl sites for hydroxylation is 2. The van der Waals surface area contributed by atoms with Gasteiger partial charge in [0.1, 0.15) is 5.75 Å². The monoisotopic (exact) mass is 625 g/mol. The maximum absolute atomic E-state index is 11.5. The molecule has 0 bridgehead atoms. The molecule has 0 saturated carbocycles. The number of hydrogen-bond donors (Lipinski definition) is 2. The van der Waals surface area contributed by atoms with Gasteiger partial charge in [-0.15, -0.1) is 0 Å². The molecule has 4 aromatic rings. The number of primary sulfonamides is 1. The van der Waals surface area contributed by atoms with E-state index in [9.17, 15) is 8.42 Å². The fraction of sp³-hybridized carbons (Fsp3) is 0.273. The number of piperidine rings is 1. The molecule has 1 saturated heterocycles. The first-order valence-corrected chi connectivity index (χ1v) is 16.0. The van der Waals surface area contributed by atoms with Crippen LogP contribution in [-0.4, -0.2) is 54.5 Å². The van der Waals surface area contributed by atoms with E-state index >= 15 is 0 Å². The van der Waals surface area contributed by atoms with Crippen LogP contribution in [-0.2, 0) is 16.6 Å². The Bertz CT molecular complexity index is 1820. The minimum atomic E-state index is -3.71. The number of aromatic nitrogens is 3. The molecule has 5 rings (SSSR count). The SMILES string of the molecule is COc1cc(-c2cnc(NC3CCN(Cc4ccc(S(N)(=O)=O)cc4)CC3)nc2Oc2c(C)cc(/C=C/C#N)cc2C)ccn1. The highest BCUT2D eigenvalue weighted by Gasteiger charge is 2.22. The minimum absolute atomic E-state index is 0.113. The molecule has 0 spiro atoms. The number of nitrogens with two attached hydrogens (primary N) is 1. The first kappa shape index (κ1) is 31.6. The third kappa shape index (κ3) is 8.02. The van der Waals surface area contributed by atoms with Crippen molar-refractivity contribution in [3.8, 4) is 34.7 Å². The van der Waals surface area contributed by atoms with Crippen LogP contribution in [0.3, 0.4) is 0 Å². The molecule has 1 aliphatic rings. The summed E-state index contributed by atoms with van der Waals surface area (Å²) in [4.78, 5) is 16.1. The Hall–Kier alpha value is -4.83. The van der Waals surface area contributed by atoms with E-state index in [1.807, 2.05) is 44.2 Å². The molecule has 1 aliphatic heterocycles. The average Bonchev–Trinajstić information content (AvgIpc) is 3.02. The van der Waals surface area contributed by atoms with Crippen LogP contribution < -0.4 is 19.9 Å². The zero-order valence-corrected chi connectivity index (χ0v) is 26.2. The van der Waals surface area contributed by atoms with Crippen LogP contribution in [0.4, 0.5) is 5.95 Å². The van der Waals surface area contributed by atoms with Crippen LogP contribution in [0.5, 0.6) is 17.5 Å². The van der Waals surface area contributed by atoms with Crippen LogP contribution >= 0.6 is 0 Å². The molecule has 45 heavy (non-hydrogen) atoms. The number of anilines is 1. The summed E-state index contributed by atoms with van der Waals surface area (Å²) in [7, 11) is -2.14. The van der Waals surface area contributed by atoms with Gasteiger partial charge in [-0.05, 0) is 90.9 Å². The van der Waals surface area contributed by atoms with Gasteiger partial charge in [0.05, 0.1) is 23.6 Å². The molecular weight excluding hydrogens is 590 g/mol. The lowest BCUT2D eigenvalue weighted by molar-refractivity contribution is 0.211. The van der Waals surface area contributed by atoms with Crippen LogP contribution in [0.1, 0.15) is 35.1 Å². The number of benzene rings is 2. The largest absolute Gasteiger partial charge is 0.481 e. The number of likely N-dealkylation sites (tertiary alicyclic amines) is 1. The van der Waals surface area contributed by atoms with Crippen LogP contribution in [0, 0.1) is 25.2 Å². The number of nitrogens with one attached hydrogen (secondary N) is 1. The van der Waals surface area contributed by atoms with Crippen molar-refractivity contribution in [2.45, 2.75) is 44.2 Å². The molecule has 2 aromatic carbocycles. The quantitative estimate of drug-likeness (QED) is 0.224. The highest BCUT2D eigenvalue weighted by atomic mass is 32.2. The van der Waals surface area contributed by atoms with Crippen molar-refractivity contribution in [1.29, 1.82) is 5.26 Å². The predicted octanol–water partition coefficient (Wildman–Crippen LogP) is 5.22. The summed E-state index contributed by atoms with van der Waals surface area (Å²) in [5, 5.41) is 17.6. The molecule has 0 atom stereocenters. The number of ether oxygens (including phenoxy) is 2. The third-order valence-electron chi connectivity index (χ3n) is 7.62. The van der Waals surface area contributed by atoms with Crippen molar-refractivity contribution < 1.29 is 17.9 Å². The van der Waals surface area contributed by atoms with Crippen molar-refractivity contribution in [1.82, 2.24) is 19.9 Å². The number of hydrogen-bond acceptors (Lipinski definition) is 10. The van der Waals surface area contributed by atoms with Gasteiger partial charge in [-0.2, -0.15) is 10.2 Å². The van der Waals surface area contributed by atoms with Crippen molar-refractivity contribution in [3.05, 3.63) is 89.3 Å². The van der Waals surface area contributed by atoms with E-state index in [4.69, 9.17) is 24.9 Å². The molecule has 0 unspecified atom stereocenters. The number of methoxy groups -OCH3 is 1. The Labute approximate surface area is 263 Å². The third-order valence-corrected chi connectivity index (χ3v) is 8.55. The summed E-state index contributed by atoms with van der Waals surface area (Å²) in [6.45, 7) is 6.36. The van der Waals surface area contributed by atoms with Gasteiger partial charge in [0, 0.05) is 50.2 Å². The summed E-state index contributed by atoms with van der Waals surface area (Å²) in [6.07, 6.45) is 8.39. The van der Waals surface area contributed by atoms with E-state index in [1.54, 1.807) is 49.8 Å². The first-order valence-electron chi connectivity index (χ1n) is 14.5. The van der Waals surface area contributed by atoms with Crippen LogP contribution in [0.25, 0.3) is 17.2 Å². The summed E-state index contributed by atoms with van der Waals surface area (Å²) in [6, 6.07) is 16.5. The molecule has 232 valence electrons. The van der Waals surface area contributed by atoms with Gasteiger partial charge in [-0.25, -0.2) is 23.5 Å². The van der Waals surface area contributed by atoms with Gasteiger partial charge >= 0.3 is 0 Å². The molecule has 3 N–H and O–H groups in total. The summed E-state index contributed by atoms with van der Waals surface area (Å²) >= 11 is 0. The van der Waals surface area contributed by atoms with E-state index in [-0.39, 0.29) is 10.9 Å². The first-order chi connectivity index (χ1) is 21.6. The van der Waals surface area contributed by atoms with E-state index in [2.05, 4.69) is 20.2 Å². The molecule has 3 heterocycles. The normalized spacial score (nSPS) is 14.3. The summed E-state index contributed by atoms with van der Waals surface area (Å²) < 4.78 is 34.9. The van der Waals surface area contributed by atoms with Crippen molar-refractivity contribution in [2.24, 2.45) is 5.14 Å². The molecule has 1 fully saturated rings. The van der Waals surface area contributed by atoms with E-state index in [0.717, 1.165) is 60.3 Å². The lowest BCUT2D eigenvalue weighted by Gasteiger charge is -2.32. The topological polar surface area (TPSA) is 156 Å². The molecule has 0 radical (unpaired) electrons. The standard InChI is InChI=1S/C33H35N7O4S/c1-22-17-25(5-4-13-34)18-23(2)31(22)44-32-29(26-10-14-36-30(19-26)43-3)20-37-33(39-32)38-27-11-15-40(16-12-27)21-24-6-8-28(9-7-24)45(35,41)42/h4-10,14,17-20,27H,11-12,15-16,21H2,1-3H3,(H2,35,41,42)(H,37,38,39)/b5-4+. The molecule has 11 nitrogen and oxygen atoms in total. The zero-order chi connectivity index (χ0) is 32.0. The van der Waals surface area contributed by atoms with E-state index in [1.165, 1.54) is 6.08 Å². The molecule has 0 aliphatic carbocycles. The summed E-state index contributed by atoms with van der Waals surface area (Å²) in [5.74, 6) is 2.01. The average molecular weight is 626 g/mol. The van der Waals surface area contributed by atoms with Crippen LogP contribution in [0.2, 0.25) is 0 Å². The van der Waals surface area contributed by atoms with E-state index in [0.29, 0.717) is 29.0 Å². The molecule has 2 aromatic heterocycles. The minimum Gasteiger partial charge on any atom is -0.481 e. The van der Waals surface area contributed by atoms with Crippen molar-refractivity contribution >= 4 is 22.0 Å². The van der Waals surface area contributed by atoms with Gasteiger partial charge < -0.3 is 14.8 Å². The molecule has 0 amide bonds. The second kappa shape index (κ2) is 13.9. The highest BCUT2D eigenvalue weighted by Crippen LogP contribution is 2.36. The second-order valence-corrected chi connectivity index (χ2v) is 12.5. The van der Waals surface area contributed by atoms with Gasteiger partial charge in [-0.1, -0.05) is 12.1 Å². The smallest absolute Gasteiger partial charge is 0.238 e. The maximum Gasteiger partial charge on any atom is 0.238 e. The number of sulfonamides is 1. The predicted molar refractivity (Wildman–Crippen MR) is 172 cm³/mol. The Balaban J connectivity index is 1.33. The van der Waals surface area contributed by atoms with Crippen molar-refractivity contribution in [2.75, 3.05) is 25.5 Å². The van der Waals surface area contributed by atoms with E-state index < -0.39 is 10.0 Å². The van der Waals surface area contributed by atoms with Gasteiger partial charge in [0.25, 0.3) is 0 Å². The Kier molecular flexibility index (Phi) is 9.73. The maximum atomic E-state index is 11.5. The fourth-order valence-electron chi connectivity index (χ4n) is 5.33. The Morgan fingerprint density at radius 1 is 1.09 bits per heavy atom. The van der Waals surface area contributed by atoms with Crippen molar-refractivity contribution in [3.63, 3.8) is 0 Å². The number of allylic oxidation sites excluding steroid dienone is 1. The Morgan fingerprint density at radius 3 is 2.44 bits per heavy atom. The number of rotatable bonds is 10. The highest BCUT2D eigenvalue weighted by molar-refractivity contribution is 7.89. The molecule has 12 heteroatoms. The second-order valence-electron chi connectivity index (χ2n) is 10.9. The van der Waals surface area contributed by atoms with Gasteiger partial charge in [0.2, 0.25) is 27.7 Å². The van der Waals surface area contributed by atoms with Crippen LogP contribution in [0.15, 0.2) is 71.9 Å². The number of nitriles is 1. The molecular formula is C33H35N7O4S. The number of nitrogens with zero attached hydrogens (tertiary/aromatic N) is 5. The lowest BCUT2D eigenvalue weighted by Crippen LogP contribution is -2.39. The fourth-order valence-corrected chi connectivity index (χ4v) is 5.85. The summed E-state index contributed by atoms with van der Waals surface area (Å²) in [5.41, 5.74) is 5.25. The van der Waals surface area contributed by atoms with Gasteiger partial charge in [0.15, 0.2) is 0 Å². The van der Waals surface area contributed by atoms with Gasteiger partial charge in [-0.3, -0.25) is 4.90 Å². The lowest BCUT2D eigenvalue weighted by atomic mass is 10.0.